The smallest absolute Gasteiger partial charge is 0.487 e. The first kappa shape index (κ1) is 48.9. The molecule has 0 amide bonds. The highest BCUT2D eigenvalue weighted by atomic mass is 19.2. The van der Waals surface area contributed by atoms with Gasteiger partial charge in [0, 0.05) is 42.5 Å². The maximum atomic E-state index is 15.1. The number of aliphatic hydroxyl groups is 2. The van der Waals surface area contributed by atoms with Gasteiger partial charge in [-0.1, -0.05) is 36.4 Å². The molecule has 1 unspecified atom stereocenters. The Hall–Kier alpha value is -5.18. The molecule has 0 aliphatic carbocycles. The molecule has 0 bridgehead atoms. The van der Waals surface area contributed by atoms with Crippen molar-refractivity contribution < 1.29 is 61.7 Å². The van der Waals surface area contributed by atoms with Crippen LogP contribution in [0.4, 0.5) is 8.63 Å². The molecule has 15 nitrogen and oxygen atoms in total. The van der Waals surface area contributed by atoms with Crippen molar-refractivity contribution in [1.82, 2.24) is 9.99 Å². The monoisotopic (exact) mass is 878 g/mol. The average Bonchev–Trinajstić information content (AvgIpc) is 3.70. The number of aliphatic hydroxyl groups excluding tert-OH is 2. The van der Waals surface area contributed by atoms with Crippen LogP contribution in [0.3, 0.4) is 0 Å². The standard InChI is InChI=1S/C45H58BF2N5O10/c1-32-9-19-40(51-32)44(41-7-4-5-36(53(41)46(47)48)15-12-33-10-13-34(14-11-33)45(56)57)39-6-2-3-8-42(39)62-31-35(49)29-52(50)21-22-58-23-24-59-25-26-60-27-28-61-43-20-17-37(55)16-18-38(30-54)63-43/h2-4,6-15,19,29,37-38,43,51,54-55H,5,16-18,20-28,30-31,49-50H2,1H3/p+1/b15-12+,35-29-,44-41-/t37-,38-,43?/m0/s1. The topological polar surface area (TPSA) is 207 Å². The van der Waals surface area contributed by atoms with Gasteiger partial charge in [-0.05, 0) is 68.2 Å². The molecule has 3 atom stereocenters. The fourth-order valence-electron chi connectivity index (χ4n) is 6.89. The van der Waals surface area contributed by atoms with Gasteiger partial charge in [-0.3, -0.25) is 0 Å². The Balaban J connectivity index is 1.10. The van der Waals surface area contributed by atoms with E-state index in [9.17, 15) is 20.1 Å². The molecule has 1 fully saturated rings. The molecule has 2 aliphatic rings. The van der Waals surface area contributed by atoms with Gasteiger partial charge in [-0.15, -0.1) is 0 Å². The molecule has 63 heavy (non-hydrogen) atoms. The minimum atomic E-state index is -2.89. The van der Waals surface area contributed by atoms with Crippen molar-refractivity contribution in [2.75, 3.05) is 66.0 Å². The van der Waals surface area contributed by atoms with Crippen LogP contribution in [0.25, 0.3) is 11.6 Å². The Bertz CT molecular complexity index is 2060. The first-order valence-electron chi connectivity index (χ1n) is 21.0. The van der Waals surface area contributed by atoms with E-state index in [2.05, 4.69) is 4.98 Å². The maximum absolute atomic E-state index is 15.1. The fraction of sp³-hybridized carbons (Fsp3) is 0.422. The van der Waals surface area contributed by atoms with Gasteiger partial charge in [0.25, 0.3) is 0 Å². The Labute approximate surface area is 367 Å². The second-order valence-corrected chi connectivity index (χ2v) is 14.9. The molecule has 18 heteroatoms. The van der Waals surface area contributed by atoms with Gasteiger partial charge in [0.15, 0.2) is 17.7 Å². The minimum absolute atomic E-state index is 0.0438. The summed E-state index contributed by atoms with van der Waals surface area (Å²) in [5.41, 5.74) is 10.5. The number of hydrazine groups is 1. The summed E-state index contributed by atoms with van der Waals surface area (Å²) >= 11 is 0. The van der Waals surface area contributed by atoms with E-state index in [-0.39, 0.29) is 37.0 Å². The van der Waals surface area contributed by atoms with Crippen LogP contribution >= 0.6 is 0 Å². The van der Waals surface area contributed by atoms with Gasteiger partial charge in [0.05, 0.1) is 94.1 Å². The van der Waals surface area contributed by atoms with Crippen molar-refractivity contribution in [3.05, 3.63) is 125 Å². The average molecular weight is 879 g/mol. The number of aromatic nitrogens is 1. The Morgan fingerprint density at radius 2 is 1.65 bits per heavy atom. The number of nitrogens with one attached hydrogen (secondary N) is 1. The lowest BCUT2D eigenvalue weighted by molar-refractivity contribution is -0.347. The van der Waals surface area contributed by atoms with Crippen molar-refractivity contribution in [3.63, 3.8) is 0 Å². The number of aromatic amines is 1. The lowest BCUT2D eigenvalue weighted by Crippen LogP contribution is -2.32. The van der Waals surface area contributed by atoms with Crippen molar-refractivity contribution in [3.8, 4) is 5.75 Å². The van der Waals surface area contributed by atoms with Gasteiger partial charge in [0.2, 0.25) is 0 Å². The van der Waals surface area contributed by atoms with Gasteiger partial charge in [-0.2, -0.15) is 0 Å². The van der Waals surface area contributed by atoms with Crippen LogP contribution in [-0.4, -0.2) is 133 Å². The number of halogens is 2. The van der Waals surface area contributed by atoms with Gasteiger partial charge >= 0.3 is 13.4 Å². The second-order valence-electron chi connectivity index (χ2n) is 14.9. The van der Waals surface area contributed by atoms with Crippen molar-refractivity contribution in [1.29, 1.82) is 0 Å². The van der Waals surface area contributed by atoms with Crippen LogP contribution < -0.4 is 16.3 Å². The molecule has 340 valence electrons. The van der Waals surface area contributed by atoms with Crippen LogP contribution in [0.2, 0.25) is 0 Å². The summed E-state index contributed by atoms with van der Waals surface area (Å²) in [6, 6.07) is 17.0. The summed E-state index contributed by atoms with van der Waals surface area (Å²) < 4.78 is 65.7. The van der Waals surface area contributed by atoms with Gasteiger partial charge in [0.1, 0.15) is 12.4 Å². The number of carbonyl (C=O) groups is 1. The summed E-state index contributed by atoms with van der Waals surface area (Å²) in [4.78, 5) is 14.6. The quantitative estimate of drug-likeness (QED) is 0.0307. The number of para-hydroxylation sites is 1. The number of aryl methyl sites for hydroxylation is 1. The molecule has 3 heterocycles. The second kappa shape index (κ2) is 25.8. The molecule has 5 rings (SSSR count). The molecule has 2 aliphatic heterocycles. The third-order valence-electron chi connectivity index (χ3n) is 10.1. The number of nitrogens with zero attached hydrogens (tertiary/aromatic N) is 2. The highest BCUT2D eigenvalue weighted by Gasteiger charge is 2.42. The van der Waals surface area contributed by atoms with E-state index in [0.29, 0.717) is 118 Å². The molecule has 8 N–H and O–H groups in total. The van der Waals surface area contributed by atoms with Gasteiger partial charge < -0.3 is 59.5 Å². The number of carboxylic acids is 1. The zero-order chi connectivity index (χ0) is 45.0. The molecular weight excluding hydrogens is 819 g/mol. The number of allylic oxidation sites excluding steroid dienone is 3. The molecule has 2 aromatic carbocycles. The first-order chi connectivity index (χ1) is 30.5. The number of hydrogen-bond acceptors (Lipinski definition) is 12. The van der Waals surface area contributed by atoms with Crippen LogP contribution in [0.15, 0.2) is 96.5 Å². The third-order valence-corrected chi connectivity index (χ3v) is 10.1. The van der Waals surface area contributed by atoms with Crippen molar-refractivity contribution in [2.45, 2.75) is 57.5 Å². The van der Waals surface area contributed by atoms with E-state index in [1.807, 2.05) is 25.1 Å². The number of H-pyrrole nitrogens is 1. The number of hydrogen-bond donors (Lipinski definition) is 6. The van der Waals surface area contributed by atoms with Crippen LogP contribution in [-0.2, 0) is 23.7 Å². The van der Waals surface area contributed by atoms with Crippen LogP contribution in [0, 0.1) is 6.92 Å². The number of carboxylic acid groups (broad SMARTS) is 1. The highest BCUT2D eigenvalue weighted by molar-refractivity contribution is 6.35. The van der Waals surface area contributed by atoms with Crippen LogP contribution in [0.5, 0.6) is 5.75 Å². The molecule has 3 aromatic rings. The van der Waals surface area contributed by atoms with Crippen molar-refractivity contribution >= 4 is 30.7 Å². The van der Waals surface area contributed by atoms with E-state index in [1.165, 1.54) is 17.1 Å². The zero-order valence-electron chi connectivity index (χ0n) is 35.6. The predicted molar refractivity (Wildman–Crippen MR) is 235 cm³/mol. The number of nitrogens with two attached hydrogens (primary N) is 2. The largest absolute Gasteiger partial charge is 0.934 e. The van der Waals surface area contributed by atoms with E-state index in [1.54, 1.807) is 60.8 Å². The molecule has 1 saturated heterocycles. The lowest BCUT2D eigenvalue weighted by Gasteiger charge is -2.28. The van der Waals surface area contributed by atoms with Crippen molar-refractivity contribution in [2.24, 2.45) is 11.6 Å². The Morgan fingerprint density at radius 3 is 2.33 bits per heavy atom. The summed E-state index contributed by atoms with van der Waals surface area (Å²) in [6.45, 7) is 4.51. The molecule has 0 spiro atoms. The summed E-state index contributed by atoms with van der Waals surface area (Å²) in [7, 11) is -2.89. The number of aromatic carboxylic acids is 1. The Kier molecular flexibility index (Phi) is 20.0. The molecule has 0 radical (unpaired) electrons. The van der Waals surface area contributed by atoms with E-state index >= 15 is 8.63 Å². The van der Waals surface area contributed by atoms with Gasteiger partial charge in [-0.25, -0.2) is 23.8 Å². The Morgan fingerprint density at radius 1 is 0.952 bits per heavy atom. The lowest BCUT2D eigenvalue weighted by atomic mass is 9.94. The molecule has 1 aromatic heterocycles. The zero-order valence-corrected chi connectivity index (χ0v) is 35.6. The summed E-state index contributed by atoms with van der Waals surface area (Å²) in [5.74, 6) is 5.53. The van der Waals surface area contributed by atoms with E-state index < -0.39 is 25.8 Å². The van der Waals surface area contributed by atoms with Crippen LogP contribution in [0.1, 0.15) is 65.0 Å². The summed E-state index contributed by atoms with van der Waals surface area (Å²) in [5, 5.41) is 30.1. The minimum Gasteiger partial charge on any atom is -0.487 e. The molecule has 0 saturated carbocycles. The van der Waals surface area contributed by atoms with E-state index in [0.717, 1.165) is 10.2 Å². The highest BCUT2D eigenvalue weighted by Crippen LogP contribution is 2.36. The fourth-order valence-corrected chi connectivity index (χ4v) is 6.89. The first-order valence-corrected chi connectivity index (χ1v) is 21.0. The number of ether oxygens (including phenoxy) is 6. The molecular formula is C45H59BF2N5O10+. The number of rotatable bonds is 24. The maximum Gasteiger partial charge on any atom is 0.934 e. The number of benzene rings is 2. The van der Waals surface area contributed by atoms with E-state index in [4.69, 9.17) is 40.0 Å². The predicted octanol–water partition coefficient (Wildman–Crippen LogP) is 4.89. The SMILES string of the molecule is Cc1ccc(/C(=C2/C=CCC(/C=C/c3ccc(C(=O)O)cc3)=[N+]2B(F)F)c2ccccc2OC/C(N)=C/N(N)CCOCCOCCOCCOC2CC[C@@H](O)CC[C@@H](CO)O2)[nH]1. The normalized spacial score (nSPS) is 19.3. The third kappa shape index (κ3) is 15.8. The summed E-state index contributed by atoms with van der Waals surface area (Å²) in [6.07, 6.45) is 9.66.